The van der Waals surface area contributed by atoms with E-state index >= 15 is 0 Å². The molecule has 2 rings (SSSR count). The van der Waals surface area contributed by atoms with Crippen LogP contribution in [0.3, 0.4) is 0 Å². The lowest BCUT2D eigenvalue weighted by molar-refractivity contribution is -0.190. The van der Waals surface area contributed by atoms with Crippen LogP contribution in [0.5, 0.6) is 0 Å². The molecule has 0 aromatic rings. The van der Waals surface area contributed by atoms with E-state index in [2.05, 4.69) is 0 Å². The number of hydrogen-bond acceptors (Lipinski definition) is 5. The summed E-state index contributed by atoms with van der Waals surface area (Å²) in [6.45, 7) is 3.89. The lowest BCUT2D eigenvalue weighted by Crippen LogP contribution is -2.48. The molecule has 0 spiro atoms. The van der Waals surface area contributed by atoms with Crippen molar-refractivity contribution in [1.82, 2.24) is 0 Å². The number of methoxy groups -OCH3 is 1. The van der Waals surface area contributed by atoms with Crippen LogP contribution in [-0.2, 0) is 23.7 Å². The Morgan fingerprint density at radius 1 is 1.43 bits per heavy atom. The highest BCUT2D eigenvalue weighted by atomic mass is 16.8. The van der Waals surface area contributed by atoms with Crippen LogP contribution in [0.1, 0.15) is 13.8 Å². The molecule has 0 bridgehead atoms. The van der Waals surface area contributed by atoms with Crippen molar-refractivity contribution in [2.75, 3.05) is 13.7 Å². The van der Waals surface area contributed by atoms with Gasteiger partial charge in [0.25, 0.3) is 0 Å². The number of ketones is 1. The first-order chi connectivity index (χ1) is 6.53. The van der Waals surface area contributed by atoms with Gasteiger partial charge in [-0.2, -0.15) is 0 Å². The summed E-state index contributed by atoms with van der Waals surface area (Å²) in [5.41, 5.74) is 0. The third kappa shape index (κ3) is 1.56. The number of Topliss-reactive ketones (excluding diaryl/α,β-unsaturated/α-hetero) is 1. The minimum atomic E-state index is -0.811. The highest BCUT2D eigenvalue weighted by Crippen LogP contribution is 2.32. The molecule has 80 valence electrons. The SMILES string of the molecule is CO[C@H]1OC[C@H]2OC(C)(C)O[C@H]2C1=O. The quantitative estimate of drug-likeness (QED) is 0.602. The maximum Gasteiger partial charge on any atom is 0.220 e. The molecule has 14 heavy (non-hydrogen) atoms. The van der Waals surface area contributed by atoms with Crippen molar-refractivity contribution in [2.24, 2.45) is 0 Å². The molecule has 0 unspecified atom stereocenters. The van der Waals surface area contributed by atoms with Gasteiger partial charge in [0, 0.05) is 7.11 Å². The Morgan fingerprint density at radius 2 is 2.14 bits per heavy atom. The summed E-state index contributed by atoms with van der Waals surface area (Å²) in [6.07, 6.45) is -1.67. The summed E-state index contributed by atoms with van der Waals surface area (Å²) in [5, 5.41) is 0. The summed E-state index contributed by atoms with van der Waals surface area (Å²) in [5.74, 6) is -0.911. The van der Waals surface area contributed by atoms with Crippen LogP contribution in [0.15, 0.2) is 0 Å². The van der Waals surface area contributed by atoms with E-state index in [0.717, 1.165) is 0 Å². The van der Waals surface area contributed by atoms with E-state index in [9.17, 15) is 4.79 Å². The second-order valence-electron chi connectivity index (χ2n) is 3.90. The smallest absolute Gasteiger partial charge is 0.220 e. The molecule has 0 aromatic carbocycles. The van der Waals surface area contributed by atoms with Crippen LogP contribution in [0, 0.1) is 0 Å². The van der Waals surface area contributed by atoms with E-state index in [-0.39, 0.29) is 11.9 Å². The first-order valence-electron chi connectivity index (χ1n) is 4.57. The molecule has 2 fully saturated rings. The van der Waals surface area contributed by atoms with Gasteiger partial charge in [0.2, 0.25) is 12.1 Å². The largest absolute Gasteiger partial charge is 0.349 e. The number of hydrogen-bond donors (Lipinski definition) is 0. The number of carbonyl (C=O) groups is 1. The summed E-state index contributed by atoms with van der Waals surface area (Å²) >= 11 is 0. The fraction of sp³-hybridized carbons (Fsp3) is 0.889. The minimum Gasteiger partial charge on any atom is -0.349 e. The normalized spacial score (nSPS) is 41.1. The van der Waals surface area contributed by atoms with Crippen molar-refractivity contribution in [1.29, 1.82) is 0 Å². The topological polar surface area (TPSA) is 54.0 Å². The Morgan fingerprint density at radius 3 is 2.79 bits per heavy atom. The first kappa shape index (κ1) is 10.0. The van der Waals surface area contributed by atoms with Crippen molar-refractivity contribution >= 4 is 5.78 Å². The molecule has 5 nitrogen and oxygen atoms in total. The zero-order valence-electron chi connectivity index (χ0n) is 8.48. The molecule has 3 atom stereocenters. The molecular weight excluding hydrogens is 188 g/mol. The number of fused-ring (bicyclic) bond motifs is 1. The fourth-order valence-corrected chi connectivity index (χ4v) is 1.78. The average molecular weight is 202 g/mol. The van der Waals surface area contributed by atoms with E-state index in [0.29, 0.717) is 6.61 Å². The van der Waals surface area contributed by atoms with Crippen molar-refractivity contribution in [2.45, 2.75) is 38.1 Å². The summed E-state index contributed by atoms with van der Waals surface area (Å²) in [6, 6.07) is 0. The maximum atomic E-state index is 11.7. The molecule has 0 aliphatic carbocycles. The molecule has 2 aliphatic heterocycles. The summed E-state index contributed by atoms with van der Waals surface area (Å²) < 4.78 is 21.0. The van der Waals surface area contributed by atoms with Gasteiger partial charge in [0.15, 0.2) is 11.9 Å². The van der Waals surface area contributed by atoms with E-state index in [1.165, 1.54) is 7.11 Å². The lowest BCUT2D eigenvalue weighted by Gasteiger charge is -2.27. The van der Waals surface area contributed by atoms with Crippen LogP contribution in [0.4, 0.5) is 0 Å². The molecule has 0 N–H and O–H groups in total. The van der Waals surface area contributed by atoms with Crippen LogP contribution >= 0.6 is 0 Å². The Balaban J connectivity index is 2.12. The maximum absolute atomic E-state index is 11.7. The van der Waals surface area contributed by atoms with E-state index in [1.54, 1.807) is 13.8 Å². The molecule has 5 heteroatoms. The van der Waals surface area contributed by atoms with E-state index in [1.807, 2.05) is 0 Å². The molecule has 0 amide bonds. The molecule has 0 radical (unpaired) electrons. The third-order valence-electron chi connectivity index (χ3n) is 2.32. The van der Waals surface area contributed by atoms with Gasteiger partial charge in [0.1, 0.15) is 6.10 Å². The second-order valence-corrected chi connectivity index (χ2v) is 3.90. The zero-order valence-corrected chi connectivity index (χ0v) is 8.48. The van der Waals surface area contributed by atoms with Crippen LogP contribution < -0.4 is 0 Å². The fourth-order valence-electron chi connectivity index (χ4n) is 1.78. The monoisotopic (exact) mass is 202 g/mol. The van der Waals surface area contributed by atoms with Gasteiger partial charge in [-0.05, 0) is 13.8 Å². The van der Waals surface area contributed by atoms with Crippen molar-refractivity contribution in [3.63, 3.8) is 0 Å². The Hall–Kier alpha value is -0.490. The predicted octanol–water partition coefficient (Wildman–Crippen LogP) is 0.0783. The van der Waals surface area contributed by atoms with Gasteiger partial charge < -0.3 is 18.9 Å². The zero-order chi connectivity index (χ0) is 10.3. The third-order valence-corrected chi connectivity index (χ3v) is 2.32. The molecule has 0 saturated carbocycles. The van der Waals surface area contributed by atoms with Crippen LogP contribution in [0.2, 0.25) is 0 Å². The van der Waals surface area contributed by atoms with Gasteiger partial charge in [-0.1, -0.05) is 0 Å². The highest BCUT2D eigenvalue weighted by molar-refractivity contribution is 5.87. The molecular formula is C9H14O5. The average Bonchev–Trinajstić information content (AvgIpc) is 2.42. The van der Waals surface area contributed by atoms with Crippen molar-refractivity contribution in [3.8, 4) is 0 Å². The number of rotatable bonds is 1. The van der Waals surface area contributed by atoms with Gasteiger partial charge in [0.05, 0.1) is 6.61 Å². The number of carbonyl (C=O) groups excluding carboxylic acids is 1. The molecule has 0 aromatic heterocycles. The van der Waals surface area contributed by atoms with Crippen LogP contribution in [0.25, 0.3) is 0 Å². The Bertz CT molecular complexity index is 250. The lowest BCUT2D eigenvalue weighted by atomic mass is 10.1. The second kappa shape index (κ2) is 3.27. The Kier molecular flexibility index (Phi) is 2.35. The Labute approximate surface area is 82.3 Å². The standard InChI is InChI=1S/C9H14O5/c1-9(2)13-5-4-12-8(11-3)6(10)7(5)14-9/h5,7-8H,4H2,1-3H3/t5-,7-,8+/m1/s1. The highest BCUT2D eigenvalue weighted by Gasteiger charge is 2.50. The van der Waals surface area contributed by atoms with Crippen molar-refractivity contribution in [3.05, 3.63) is 0 Å². The number of ether oxygens (including phenoxy) is 4. The molecule has 2 aliphatic rings. The van der Waals surface area contributed by atoms with Gasteiger partial charge in [-0.15, -0.1) is 0 Å². The first-order valence-corrected chi connectivity index (χ1v) is 4.57. The van der Waals surface area contributed by atoms with E-state index < -0.39 is 18.2 Å². The summed E-state index contributed by atoms with van der Waals surface area (Å²) in [7, 11) is 1.43. The van der Waals surface area contributed by atoms with Crippen LogP contribution in [-0.4, -0.2) is 43.8 Å². The van der Waals surface area contributed by atoms with E-state index in [4.69, 9.17) is 18.9 Å². The summed E-state index contributed by atoms with van der Waals surface area (Å²) in [4.78, 5) is 11.7. The minimum absolute atomic E-state index is 0.200. The van der Waals surface area contributed by atoms with Gasteiger partial charge in [-0.25, -0.2) is 0 Å². The van der Waals surface area contributed by atoms with Crippen molar-refractivity contribution < 1.29 is 23.7 Å². The van der Waals surface area contributed by atoms with Gasteiger partial charge >= 0.3 is 0 Å². The molecule has 2 heterocycles. The van der Waals surface area contributed by atoms with Gasteiger partial charge in [-0.3, -0.25) is 4.79 Å². The predicted molar refractivity (Wildman–Crippen MR) is 45.6 cm³/mol. The molecule has 2 saturated heterocycles.